The van der Waals surface area contributed by atoms with Gasteiger partial charge >= 0.3 is 0 Å². The van der Waals surface area contributed by atoms with Crippen molar-refractivity contribution in [3.05, 3.63) is 48.0 Å². The molecule has 2 heterocycles. The first-order valence-corrected chi connectivity index (χ1v) is 9.87. The van der Waals surface area contributed by atoms with Crippen molar-refractivity contribution >= 4 is 21.6 Å². The van der Waals surface area contributed by atoms with Crippen molar-refractivity contribution in [1.29, 1.82) is 0 Å². The molecule has 0 saturated carbocycles. The van der Waals surface area contributed by atoms with Crippen molar-refractivity contribution in [2.45, 2.75) is 4.90 Å². The first kappa shape index (κ1) is 17.8. The molecule has 8 nitrogen and oxygen atoms in total. The molecule has 0 unspecified atom stereocenters. The first-order valence-electron chi connectivity index (χ1n) is 8.43. The third-order valence-electron chi connectivity index (χ3n) is 4.35. The minimum atomic E-state index is -3.58. The molecule has 0 aromatic heterocycles. The molecule has 0 atom stereocenters. The SMILES string of the molecule is O=C(Nc1ccc2c(c1)OCO2)c1ccc(S(=O)(=O)N2CCOCC2)cc1. The summed E-state index contributed by atoms with van der Waals surface area (Å²) < 4.78 is 42.3. The number of ether oxygens (including phenoxy) is 3. The molecule has 1 saturated heterocycles. The normalized spacial score (nSPS) is 16.9. The van der Waals surface area contributed by atoms with Crippen LogP contribution in [0.2, 0.25) is 0 Å². The van der Waals surface area contributed by atoms with E-state index < -0.39 is 10.0 Å². The Morgan fingerprint density at radius 1 is 0.963 bits per heavy atom. The van der Waals surface area contributed by atoms with Gasteiger partial charge in [0, 0.05) is 30.4 Å². The van der Waals surface area contributed by atoms with Gasteiger partial charge in [-0.05, 0) is 36.4 Å². The molecule has 2 aliphatic rings. The van der Waals surface area contributed by atoms with E-state index in [2.05, 4.69) is 5.32 Å². The molecular formula is C18H18N2O6S. The van der Waals surface area contributed by atoms with Gasteiger partial charge in [0.05, 0.1) is 18.1 Å². The van der Waals surface area contributed by atoms with Crippen LogP contribution in [0.5, 0.6) is 11.5 Å². The van der Waals surface area contributed by atoms with Crippen molar-refractivity contribution < 1.29 is 27.4 Å². The first-order chi connectivity index (χ1) is 13.0. The molecule has 2 aliphatic heterocycles. The molecule has 2 aromatic carbocycles. The van der Waals surface area contributed by atoms with Crippen LogP contribution in [0.15, 0.2) is 47.4 Å². The number of benzene rings is 2. The minimum absolute atomic E-state index is 0.157. The molecule has 9 heteroatoms. The van der Waals surface area contributed by atoms with Gasteiger partial charge in [-0.25, -0.2) is 8.42 Å². The maximum Gasteiger partial charge on any atom is 0.255 e. The fourth-order valence-corrected chi connectivity index (χ4v) is 4.30. The second-order valence-electron chi connectivity index (χ2n) is 6.06. The summed E-state index contributed by atoms with van der Waals surface area (Å²) in [5.74, 6) is 0.856. The van der Waals surface area contributed by atoms with Crippen LogP contribution in [0.3, 0.4) is 0 Å². The van der Waals surface area contributed by atoms with Crippen LogP contribution in [0.25, 0.3) is 0 Å². The van der Waals surface area contributed by atoms with E-state index >= 15 is 0 Å². The van der Waals surface area contributed by atoms with Crippen molar-refractivity contribution in [2.24, 2.45) is 0 Å². The summed E-state index contributed by atoms with van der Waals surface area (Å²) in [6.07, 6.45) is 0. The third-order valence-corrected chi connectivity index (χ3v) is 6.27. The van der Waals surface area contributed by atoms with Crippen LogP contribution in [0, 0.1) is 0 Å². The Hall–Kier alpha value is -2.62. The predicted octanol–water partition coefficient (Wildman–Crippen LogP) is 1.69. The average Bonchev–Trinajstić information content (AvgIpc) is 3.16. The molecule has 1 amide bonds. The van der Waals surface area contributed by atoms with Gasteiger partial charge in [-0.15, -0.1) is 0 Å². The van der Waals surface area contributed by atoms with E-state index in [1.807, 2.05) is 0 Å². The monoisotopic (exact) mass is 390 g/mol. The number of rotatable bonds is 4. The zero-order chi connectivity index (χ0) is 18.9. The lowest BCUT2D eigenvalue weighted by Gasteiger charge is -2.26. The van der Waals surface area contributed by atoms with Crippen LogP contribution < -0.4 is 14.8 Å². The summed E-state index contributed by atoms with van der Waals surface area (Å²) in [6, 6.07) is 11.0. The number of morpholine rings is 1. The molecule has 2 aromatic rings. The van der Waals surface area contributed by atoms with E-state index in [0.717, 1.165) is 0 Å². The quantitative estimate of drug-likeness (QED) is 0.854. The number of hydrogen-bond acceptors (Lipinski definition) is 6. The number of fused-ring (bicyclic) bond motifs is 1. The summed E-state index contributed by atoms with van der Waals surface area (Å²) in [5, 5.41) is 2.76. The van der Waals surface area contributed by atoms with E-state index in [1.165, 1.54) is 28.6 Å². The van der Waals surface area contributed by atoms with E-state index in [4.69, 9.17) is 14.2 Å². The minimum Gasteiger partial charge on any atom is -0.454 e. The van der Waals surface area contributed by atoms with E-state index in [1.54, 1.807) is 18.2 Å². The van der Waals surface area contributed by atoms with Gasteiger partial charge in [0.15, 0.2) is 11.5 Å². The van der Waals surface area contributed by atoms with Gasteiger partial charge in [0.1, 0.15) is 0 Å². The van der Waals surface area contributed by atoms with Crippen molar-refractivity contribution in [1.82, 2.24) is 4.31 Å². The summed E-state index contributed by atoms with van der Waals surface area (Å²) in [6.45, 7) is 1.58. The van der Waals surface area contributed by atoms with Crippen molar-refractivity contribution in [2.75, 3.05) is 38.4 Å². The highest BCUT2D eigenvalue weighted by molar-refractivity contribution is 7.89. The third kappa shape index (κ3) is 3.61. The lowest BCUT2D eigenvalue weighted by atomic mass is 10.2. The predicted molar refractivity (Wildman–Crippen MR) is 96.5 cm³/mol. The largest absolute Gasteiger partial charge is 0.454 e. The molecular weight excluding hydrogens is 372 g/mol. The molecule has 4 rings (SSSR count). The highest BCUT2D eigenvalue weighted by Crippen LogP contribution is 2.34. The second kappa shape index (κ2) is 7.18. The lowest BCUT2D eigenvalue weighted by molar-refractivity contribution is 0.0730. The maximum atomic E-state index is 12.6. The number of hydrogen-bond donors (Lipinski definition) is 1. The molecule has 27 heavy (non-hydrogen) atoms. The maximum absolute atomic E-state index is 12.6. The highest BCUT2D eigenvalue weighted by atomic mass is 32.2. The van der Waals surface area contributed by atoms with Crippen molar-refractivity contribution in [3.63, 3.8) is 0 Å². The second-order valence-corrected chi connectivity index (χ2v) is 8.00. The van der Waals surface area contributed by atoms with Gasteiger partial charge in [0.2, 0.25) is 16.8 Å². The van der Waals surface area contributed by atoms with Crippen LogP contribution in [0.1, 0.15) is 10.4 Å². The molecule has 1 fully saturated rings. The Labute approximate surface area is 156 Å². The molecule has 0 bridgehead atoms. The summed E-state index contributed by atoms with van der Waals surface area (Å²) in [4.78, 5) is 12.6. The standard InChI is InChI=1S/C18H18N2O6S/c21-18(19-14-3-6-16-17(11-14)26-12-25-16)13-1-4-15(5-2-13)27(22,23)20-7-9-24-10-8-20/h1-6,11H,7-10,12H2,(H,19,21). The smallest absolute Gasteiger partial charge is 0.255 e. The Bertz CT molecular complexity index is 952. The van der Waals surface area contributed by atoms with Gasteiger partial charge in [-0.1, -0.05) is 0 Å². The molecule has 142 valence electrons. The summed E-state index contributed by atoms with van der Waals surface area (Å²) in [5.41, 5.74) is 0.919. The van der Waals surface area contributed by atoms with Crippen LogP contribution in [0.4, 0.5) is 5.69 Å². The van der Waals surface area contributed by atoms with Gasteiger partial charge in [-0.3, -0.25) is 4.79 Å². The number of nitrogens with zero attached hydrogens (tertiary/aromatic N) is 1. The number of nitrogens with one attached hydrogen (secondary N) is 1. The molecule has 0 spiro atoms. The molecule has 1 N–H and O–H groups in total. The fourth-order valence-electron chi connectivity index (χ4n) is 2.89. The molecule has 0 radical (unpaired) electrons. The zero-order valence-corrected chi connectivity index (χ0v) is 15.2. The van der Waals surface area contributed by atoms with Crippen LogP contribution in [-0.2, 0) is 14.8 Å². The number of amides is 1. The Morgan fingerprint density at radius 2 is 1.67 bits per heavy atom. The number of carbonyl (C=O) groups is 1. The van der Waals surface area contributed by atoms with Crippen LogP contribution >= 0.6 is 0 Å². The van der Waals surface area contributed by atoms with Gasteiger partial charge in [-0.2, -0.15) is 4.31 Å². The Balaban J connectivity index is 1.47. The Kier molecular flexibility index (Phi) is 4.73. The lowest BCUT2D eigenvalue weighted by Crippen LogP contribution is -2.40. The Morgan fingerprint density at radius 3 is 2.41 bits per heavy atom. The van der Waals surface area contributed by atoms with E-state index in [-0.39, 0.29) is 17.6 Å². The highest BCUT2D eigenvalue weighted by Gasteiger charge is 2.26. The average molecular weight is 390 g/mol. The van der Waals surface area contributed by atoms with E-state index in [0.29, 0.717) is 49.1 Å². The topological polar surface area (TPSA) is 94.2 Å². The number of sulfonamides is 1. The fraction of sp³-hybridized carbons (Fsp3) is 0.278. The zero-order valence-electron chi connectivity index (χ0n) is 14.4. The summed E-state index contributed by atoms with van der Waals surface area (Å²) >= 11 is 0. The van der Waals surface area contributed by atoms with Crippen LogP contribution in [-0.4, -0.2) is 51.7 Å². The van der Waals surface area contributed by atoms with E-state index in [9.17, 15) is 13.2 Å². The van der Waals surface area contributed by atoms with Gasteiger partial charge < -0.3 is 19.5 Å². The number of carbonyl (C=O) groups excluding carboxylic acids is 1. The number of anilines is 1. The molecule has 0 aliphatic carbocycles. The van der Waals surface area contributed by atoms with Crippen molar-refractivity contribution in [3.8, 4) is 11.5 Å². The summed E-state index contributed by atoms with van der Waals surface area (Å²) in [7, 11) is -3.58. The van der Waals surface area contributed by atoms with Gasteiger partial charge in [0.25, 0.3) is 5.91 Å².